The van der Waals surface area contributed by atoms with Crippen molar-refractivity contribution in [3.05, 3.63) is 80.8 Å². The summed E-state index contributed by atoms with van der Waals surface area (Å²) in [5, 5.41) is 16.1. The summed E-state index contributed by atoms with van der Waals surface area (Å²) < 4.78 is 10.4. The highest BCUT2D eigenvalue weighted by Gasteiger charge is 2.14. The number of nitrogens with zero attached hydrogens (tertiary/aromatic N) is 3. The van der Waals surface area contributed by atoms with E-state index in [1.165, 1.54) is 35.7 Å². The summed E-state index contributed by atoms with van der Waals surface area (Å²) in [4.78, 5) is 27.6. The fraction of sp³-hybridized carbons (Fsp3) is 0.0500. The van der Waals surface area contributed by atoms with E-state index in [-0.39, 0.29) is 16.8 Å². The first kappa shape index (κ1) is 19.3. The fourth-order valence-electron chi connectivity index (χ4n) is 2.70. The molecule has 0 atom stereocenters. The van der Waals surface area contributed by atoms with Gasteiger partial charge in [-0.2, -0.15) is 5.10 Å². The fourth-order valence-corrected chi connectivity index (χ4v) is 3.47. The van der Waals surface area contributed by atoms with Crippen LogP contribution in [0.3, 0.4) is 0 Å². The standard InChI is InChI=1S/C20H14N4O5S/c1-28-15-5-2-12(3-6-15)10-22-23-20-21-11-18(30-20)16-9-13-8-14(24(26)27)4-7-17(13)29-19(16)25/h2-11H,1H3,(H,21,23). The molecule has 0 radical (unpaired) electrons. The SMILES string of the molecule is COc1ccc(C=NNc2ncc(-c3cc4cc([N+](=O)[O-])ccc4oc3=O)s2)cc1. The van der Waals surface area contributed by atoms with Crippen LogP contribution in [0.15, 0.2) is 69.0 Å². The monoisotopic (exact) mass is 422 g/mol. The van der Waals surface area contributed by atoms with E-state index in [1.54, 1.807) is 19.4 Å². The molecular weight excluding hydrogens is 408 g/mol. The number of rotatable bonds is 6. The van der Waals surface area contributed by atoms with Gasteiger partial charge in [0, 0.05) is 23.7 Å². The minimum Gasteiger partial charge on any atom is -0.497 e. The van der Waals surface area contributed by atoms with Gasteiger partial charge in [0.1, 0.15) is 11.3 Å². The topological polar surface area (TPSA) is 120 Å². The van der Waals surface area contributed by atoms with Crippen molar-refractivity contribution in [1.82, 2.24) is 4.98 Å². The molecule has 0 saturated heterocycles. The van der Waals surface area contributed by atoms with Crippen LogP contribution in [0, 0.1) is 10.1 Å². The van der Waals surface area contributed by atoms with Crippen LogP contribution in [0.25, 0.3) is 21.4 Å². The quantitative estimate of drug-likeness (QED) is 0.213. The number of nitrogens with one attached hydrogen (secondary N) is 1. The van der Waals surface area contributed by atoms with Gasteiger partial charge in [0.2, 0.25) is 5.13 Å². The normalized spacial score (nSPS) is 11.1. The molecule has 2 aromatic carbocycles. The molecule has 4 rings (SSSR count). The van der Waals surface area contributed by atoms with Gasteiger partial charge in [-0.25, -0.2) is 9.78 Å². The van der Waals surface area contributed by atoms with Crippen LogP contribution in [0.1, 0.15) is 5.56 Å². The number of benzene rings is 2. The molecule has 0 fully saturated rings. The number of fused-ring (bicyclic) bond motifs is 1. The number of nitro groups is 1. The van der Waals surface area contributed by atoms with E-state index in [9.17, 15) is 14.9 Å². The predicted octanol–water partition coefficient (Wildman–Crippen LogP) is 4.28. The zero-order valence-corrected chi connectivity index (χ0v) is 16.4. The first-order valence-corrected chi connectivity index (χ1v) is 9.47. The third-order valence-corrected chi connectivity index (χ3v) is 5.12. The van der Waals surface area contributed by atoms with Crippen molar-refractivity contribution in [1.29, 1.82) is 0 Å². The van der Waals surface area contributed by atoms with Gasteiger partial charge < -0.3 is 9.15 Å². The molecule has 10 heteroatoms. The average Bonchev–Trinajstić information content (AvgIpc) is 3.22. The van der Waals surface area contributed by atoms with Gasteiger partial charge in [-0.05, 0) is 42.0 Å². The van der Waals surface area contributed by atoms with Gasteiger partial charge in [-0.3, -0.25) is 15.5 Å². The summed E-state index contributed by atoms with van der Waals surface area (Å²) in [5.41, 5.74) is 3.61. The van der Waals surface area contributed by atoms with Crippen molar-refractivity contribution in [3.8, 4) is 16.2 Å². The number of nitro benzene ring substituents is 1. The summed E-state index contributed by atoms with van der Waals surface area (Å²) in [6, 6.07) is 13.0. The van der Waals surface area contributed by atoms with Crippen LogP contribution in [-0.4, -0.2) is 23.2 Å². The Morgan fingerprint density at radius 3 is 2.77 bits per heavy atom. The average molecular weight is 422 g/mol. The molecule has 0 unspecified atom stereocenters. The number of non-ortho nitro benzene ring substituents is 1. The van der Waals surface area contributed by atoms with Gasteiger partial charge in [0.25, 0.3) is 5.69 Å². The van der Waals surface area contributed by atoms with Crippen LogP contribution < -0.4 is 15.8 Å². The number of hydrogen-bond donors (Lipinski definition) is 1. The Labute approximate surface area is 173 Å². The van der Waals surface area contributed by atoms with Crippen molar-refractivity contribution >= 4 is 39.3 Å². The highest BCUT2D eigenvalue weighted by atomic mass is 32.1. The van der Waals surface area contributed by atoms with E-state index in [2.05, 4.69) is 15.5 Å². The summed E-state index contributed by atoms with van der Waals surface area (Å²) >= 11 is 1.21. The van der Waals surface area contributed by atoms with Gasteiger partial charge in [0.05, 0.1) is 28.7 Å². The number of methoxy groups -OCH3 is 1. The zero-order chi connectivity index (χ0) is 21.1. The molecule has 0 saturated carbocycles. The number of thiazole rings is 1. The largest absolute Gasteiger partial charge is 0.497 e. The molecule has 0 aliphatic carbocycles. The van der Waals surface area contributed by atoms with Crippen LogP contribution in [-0.2, 0) is 0 Å². The minimum absolute atomic E-state index is 0.0816. The molecule has 2 heterocycles. The lowest BCUT2D eigenvalue weighted by atomic mass is 10.1. The molecule has 0 aliphatic heterocycles. The summed E-state index contributed by atoms with van der Waals surface area (Å²) in [6.45, 7) is 0. The van der Waals surface area contributed by atoms with Gasteiger partial charge in [-0.15, -0.1) is 0 Å². The van der Waals surface area contributed by atoms with Gasteiger partial charge >= 0.3 is 5.63 Å². The van der Waals surface area contributed by atoms with Crippen LogP contribution >= 0.6 is 11.3 Å². The minimum atomic E-state index is -0.548. The Morgan fingerprint density at radius 1 is 1.23 bits per heavy atom. The van der Waals surface area contributed by atoms with Gasteiger partial charge in [-0.1, -0.05) is 11.3 Å². The van der Waals surface area contributed by atoms with Crippen LogP contribution in [0.4, 0.5) is 10.8 Å². The summed E-state index contributed by atoms with van der Waals surface area (Å²) in [5.74, 6) is 0.754. The highest BCUT2D eigenvalue weighted by Crippen LogP contribution is 2.29. The molecule has 1 N–H and O–H groups in total. The second-order valence-corrected chi connectivity index (χ2v) is 7.13. The van der Waals surface area contributed by atoms with E-state index in [0.29, 0.717) is 15.4 Å². The molecule has 0 aliphatic rings. The van der Waals surface area contributed by atoms with E-state index >= 15 is 0 Å². The maximum absolute atomic E-state index is 12.3. The molecule has 2 aromatic heterocycles. The smallest absolute Gasteiger partial charge is 0.345 e. The van der Waals surface area contributed by atoms with E-state index in [4.69, 9.17) is 9.15 Å². The number of hydrogen-bond acceptors (Lipinski definition) is 9. The lowest BCUT2D eigenvalue weighted by Crippen LogP contribution is -2.01. The predicted molar refractivity (Wildman–Crippen MR) is 114 cm³/mol. The molecule has 9 nitrogen and oxygen atoms in total. The Morgan fingerprint density at radius 2 is 2.03 bits per heavy atom. The maximum Gasteiger partial charge on any atom is 0.345 e. The number of anilines is 1. The van der Waals surface area contributed by atoms with E-state index in [0.717, 1.165) is 11.3 Å². The Bertz CT molecular complexity index is 1310. The third kappa shape index (κ3) is 4.03. The van der Waals surface area contributed by atoms with Crippen molar-refractivity contribution < 1.29 is 14.1 Å². The Kier molecular flexibility index (Phi) is 5.22. The lowest BCUT2D eigenvalue weighted by Gasteiger charge is -2.00. The van der Waals surface area contributed by atoms with Gasteiger partial charge in [0.15, 0.2) is 0 Å². The van der Waals surface area contributed by atoms with Crippen molar-refractivity contribution in [3.63, 3.8) is 0 Å². The van der Waals surface area contributed by atoms with E-state index in [1.807, 2.05) is 24.3 Å². The second kappa shape index (κ2) is 8.13. The third-order valence-electron chi connectivity index (χ3n) is 4.19. The maximum atomic E-state index is 12.3. The molecule has 4 aromatic rings. The number of ether oxygens (including phenoxy) is 1. The second-order valence-electron chi connectivity index (χ2n) is 6.10. The highest BCUT2D eigenvalue weighted by molar-refractivity contribution is 7.18. The lowest BCUT2D eigenvalue weighted by molar-refractivity contribution is -0.384. The molecule has 150 valence electrons. The van der Waals surface area contributed by atoms with Crippen molar-refractivity contribution in [2.45, 2.75) is 0 Å². The Balaban J connectivity index is 1.56. The first-order chi connectivity index (χ1) is 14.5. The van der Waals surface area contributed by atoms with Crippen LogP contribution in [0.5, 0.6) is 5.75 Å². The first-order valence-electron chi connectivity index (χ1n) is 8.65. The van der Waals surface area contributed by atoms with E-state index < -0.39 is 10.5 Å². The number of hydrazone groups is 1. The molecule has 30 heavy (non-hydrogen) atoms. The van der Waals surface area contributed by atoms with Crippen molar-refractivity contribution in [2.75, 3.05) is 12.5 Å². The van der Waals surface area contributed by atoms with Crippen LogP contribution in [0.2, 0.25) is 0 Å². The molecule has 0 amide bonds. The summed E-state index contributed by atoms with van der Waals surface area (Å²) in [7, 11) is 1.60. The summed E-state index contributed by atoms with van der Waals surface area (Å²) in [6.07, 6.45) is 3.15. The van der Waals surface area contributed by atoms with Crippen molar-refractivity contribution in [2.24, 2.45) is 5.10 Å². The molecule has 0 spiro atoms. The molecule has 0 bridgehead atoms. The number of aromatic nitrogens is 1. The zero-order valence-electron chi connectivity index (χ0n) is 15.6. The molecular formula is C20H14N4O5S. The Hall–Kier alpha value is -4.05.